The Balaban J connectivity index is 1.58. The molecule has 30 heavy (non-hydrogen) atoms. The van der Waals surface area contributed by atoms with Crippen LogP contribution in [-0.4, -0.2) is 51.7 Å². The van der Waals surface area contributed by atoms with Gasteiger partial charge in [0.05, 0.1) is 25.7 Å². The van der Waals surface area contributed by atoms with Crippen LogP contribution >= 0.6 is 11.8 Å². The van der Waals surface area contributed by atoms with Crippen molar-refractivity contribution in [2.75, 3.05) is 20.0 Å². The number of amides is 1. The molecule has 1 aliphatic carbocycles. The molecule has 1 aliphatic rings. The fraction of sp³-hybridized carbons (Fsp3) is 0.400. The maximum Gasteiger partial charge on any atom is 0.290 e. The van der Waals surface area contributed by atoms with Gasteiger partial charge in [0.15, 0.2) is 11.5 Å². The normalized spacial score (nSPS) is 14.2. The molecule has 2 heterocycles. The predicted molar refractivity (Wildman–Crippen MR) is 113 cm³/mol. The second-order valence-electron chi connectivity index (χ2n) is 7.07. The second-order valence-corrected chi connectivity index (χ2v) is 8.01. The smallest absolute Gasteiger partial charge is 0.290 e. The number of aromatic amines is 1. The molecule has 158 valence electrons. The molecule has 0 atom stereocenters. The van der Waals surface area contributed by atoms with E-state index < -0.39 is 0 Å². The zero-order chi connectivity index (χ0) is 21.1. The zero-order valence-corrected chi connectivity index (χ0v) is 17.6. The molecule has 0 radical (unpaired) electrons. The number of methoxy groups -OCH3 is 2. The van der Waals surface area contributed by atoms with Crippen LogP contribution in [-0.2, 0) is 4.79 Å². The molecule has 1 amide bonds. The van der Waals surface area contributed by atoms with E-state index in [1.54, 1.807) is 32.4 Å². The van der Waals surface area contributed by atoms with Crippen molar-refractivity contribution >= 4 is 23.2 Å². The minimum Gasteiger partial charge on any atom is -0.493 e. The van der Waals surface area contributed by atoms with Crippen molar-refractivity contribution < 1.29 is 14.3 Å². The lowest BCUT2D eigenvalue weighted by Gasteiger charge is -2.11. The first-order valence-electron chi connectivity index (χ1n) is 9.72. The molecule has 0 spiro atoms. The van der Waals surface area contributed by atoms with Crippen LogP contribution in [0.1, 0.15) is 25.7 Å². The molecule has 1 saturated carbocycles. The number of hydrogen-bond acceptors (Lipinski definition) is 7. The molecule has 1 fully saturated rings. The summed E-state index contributed by atoms with van der Waals surface area (Å²) in [5.74, 6) is 1.34. The van der Waals surface area contributed by atoms with Gasteiger partial charge in [0, 0.05) is 11.6 Å². The number of hydrogen-bond donors (Lipinski definition) is 2. The molecule has 10 heteroatoms. The number of nitrogens with one attached hydrogen (secondary N) is 2. The molecule has 0 unspecified atom stereocenters. The minimum atomic E-state index is -0.353. The SMILES string of the molecule is COc1ccc(-c2cc3c(=O)[nH]nc(SCC(=O)NC4CCCC4)n3n2)cc1OC. The summed E-state index contributed by atoms with van der Waals surface area (Å²) in [6.45, 7) is 0. The van der Waals surface area contributed by atoms with Gasteiger partial charge in [0.25, 0.3) is 5.56 Å². The summed E-state index contributed by atoms with van der Waals surface area (Å²) >= 11 is 1.23. The lowest BCUT2D eigenvalue weighted by Crippen LogP contribution is -2.34. The Hall–Kier alpha value is -3.01. The third-order valence-corrected chi connectivity index (χ3v) is 6.04. The fourth-order valence-corrected chi connectivity index (χ4v) is 4.31. The molecular formula is C20H23N5O4S. The molecule has 0 bridgehead atoms. The van der Waals surface area contributed by atoms with E-state index in [1.807, 2.05) is 6.07 Å². The Morgan fingerprint density at radius 3 is 2.73 bits per heavy atom. The van der Waals surface area contributed by atoms with Crippen molar-refractivity contribution in [3.8, 4) is 22.8 Å². The topological polar surface area (TPSA) is 111 Å². The number of nitrogens with zero attached hydrogens (tertiary/aromatic N) is 3. The quantitative estimate of drug-likeness (QED) is 0.554. The highest BCUT2D eigenvalue weighted by Crippen LogP contribution is 2.32. The van der Waals surface area contributed by atoms with Crippen LogP contribution in [0, 0.1) is 0 Å². The van der Waals surface area contributed by atoms with Gasteiger partial charge in [-0.2, -0.15) is 5.10 Å². The molecule has 0 saturated heterocycles. The number of H-pyrrole nitrogens is 1. The molecule has 9 nitrogen and oxygen atoms in total. The van der Waals surface area contributed by atoms with Crippen molar-refractivity contribution in [2.45, 2.75) is 36.9 Å². The van der Waals surface area contributed by atoms with Gasteiger partial charge >= 0.3 is 0 Å². The first-order chi connectivity index (χ1) is 14.6. The maximum absolute atomic E-state index is 12.3. The molecular weight excluding hydrogens is 406 g/mol. The van der Waals surface area contributed by atoms with Gasteiger partial charge in [-0.05, 0) is 37.1 Å². The molecule has 2 N–H and O–H groups in total. The van der Waals surface area contributed by atoms with Crippen molar-refractivity contribution in [3.63, 3.8) is 0 Å². The van der Waals surface area contributed by atoms with Gasteiger partial charge in [-0.25, -0.2) is 9.61 Å². The monoisotopic (exact) mass is 429 g/mol. The number of thioether (sulfide) groups is 1. The lowest BCUT2D eigenvalue weighted by atomic mass is 10.1. The summed E-state index contributed by atoms with van der Waals surface area (Å²) in [5.41, 5.74) is 1.36. The van der Waals surface area contributed by atoms with Gasteiger partial charge in [0.1, 0.15) is 5.52 Å². The second kappa shape index (κ2) is 8.78. The first-order valence-corrected chi connectivity index (χ1v) is 10.7. The van der Waals surface area contributed by atoms with Gasteiger partial charge in [0.2, 0.25) is 11.1 Å². The molecule has 1 aromatic carbocycles. The van der Waals surface area contributed by atoms with Crippen LogP contribution in [0.15, 0.2) is 34.2 Å². The number of rotatable bonds is 7. The first kappa shape index (κ1) is 20.3. The molecule has 0 aliphatic heterocycles. The average Bonchev–Trinajstić information content (AvgIpc) is 3.43. The number of ether oxygens (including phenoxy) is 2. The number of aromatic nitrogens is 4. The van der Waals surface area contributed by atoms with E-state index in [-0.39, 0.29) is 23.3 Å². The Morgan fingerprint density at radius 2 is 2.00 bits per heavy atom. The van der Waals surface area contributed by atoms with Gasteiger partial charge in [-0.3, -0.25) is 9.59 Å². The summed E-state index contributed by atoms with van der Waals surface area (Å²) in [5, 5.41) is 14.6. The highest BCUT2D eigenvalue weighted by Gasteiger charge is 2.19. The molecule has 2 aromatic heterocycles. The Labute approximate surface area is 177 Å². The van der Waals surface area contributed by atoms with Crippen LogP contribution in [0.25, 0.3) is 16.8 Å². The van der Waals surface area contributed by atoms with Crippen molar-refractivity contribution in [2.24, 2.45) is 0 Å². The van der Waals surface area contributed by atoms with Crippen molar-refractivity contribution in [3.05, 3.63) is 34.6 Å². The summed E-state index contributed by atoms with van der Waals surface area (Å²) in [6.07, 6.45) is 4.38. The third-order valence-electron chi connectivity index (χ3n) is 5.11. The van der Waals surface area contributed by atoms with Gasteiger partial charge in [-0.1, -0.05) is 24.6 Å². The van der Waals surface area contributed by atoms with Crippen LogP contribution in [0.5, 0.6) is 11.5 Å². The van der Waals surface area contributed by atoms with Crippen molar-refractivity contribution in [1.29, 1.82) is 0 Å². The maximum atomic E-state index is 12.3. The van der Waals surface area contributed by atoms with E-state index in [9.17, 15) is 9.59 Å². The number of benzene rings is 1. The van der Waals surface area contributed by atoms with Gasteiger partial charge in [-0.15, -0.1) is 5.10 Å². The Bertz CT molecular complexity index is 1120. The summed E-state index contributed by atoms with van der Waals surface area (Å²) in [6, 6.07) is 7.37. The van der Waals surface area contributed by atoms with E-state index in [1.165, 1.54) is 16.3 Å². The zero-order valence-electron chi connectivity index (χ0n) is 16.8. The van der Waals surface area contributed by atoms with E-state index in [2.05, 4.69) is 20.6 Å². The third kappa shape index (κ3) is 4.13. The summed E-state index contributed by atoms with van der Waals surface area (Å²) in [4.78, 5) is 24.5. The lowest BCUT2D eigenvalue weighted by molar-refractivity contribution is -0.119. The number of fused-ring (bicyclic) bond motifs is 1. The summed E-state index contributed by atoms with van der Waals surface area (Å²) < 4.78 is 12.1. The molecule has 4 rings (SSSR count). The predicted octanol–water partition coefficient (Wildman–Crippen LogP) is 2.25. The van der Waals surface area contributed by atoms with Crippen molar-refractivity contribution in [1.82, 2.24) is 25.1 Å². The van der Waals surface area contributed by atoms with E-state index in [0.29, 0.717) is 27.9 Å². The number of carbonyl (C=O) groups is 1. The largest absolute Gasteiger partial charge is 0.493 e. The highest BCUT2D eigenvalue weighted by molar-refractivity contribution is 7.99. The highest BCUT2D eigenvalue weighted by atomic mass is 32.2. The standard InChI is InChI=1S/C20H23N5O4S/c1-28-16-8-7-12(9-17(16)29-2)14-10-15-19(27)22-23-20(25(15)24-14)30-11-18(26)21-13-5-3-4-6-13/h7-10,13H,3-6,11H2,1-2H3,(H,21,26)(H,22,27). The Morgan fingerprint density at radius 1 is 1.23 bits per heavy atom. The van der Waals surface area contributed by atoms with E-state index in [4.69, 9.17) is 9.47 Å². The minimum absolute atomic E-state index is 0.0414. The van der Waals surface area contributed by atoms with Crippen LogP contribution in [0.2, 0.25) is 0 Å². The average molecular weight is 430 g/mol. The number of carbonyl (C=O) groups excluding carboxylic acids is 1. The Kier molecular flexibility index (Phi) is 5.93. The fourth-order valence-electron chi connectivity index (χ4n) is 3.59. The van der Waals surface area contributed by atoms with E-state index in [0.717, 1.165) is 31.2 Å². The molecule has 3 aromatic rings. The van der Waals surface area contributed by atoms with E-state index >= 15 is 0 Å². The summed E-state index contributed by atoms with van der Waals surface area (Å²) in [7, 11) is 3.13. The van der Waals surface area contributed by atoms with Crippen LogP contribution in [0.3, 0.4) is 0 Å². The van der Waals surface area contributed by atoms with Gasteiger partial charge < -0.3 is 14.8 Å². The van der Waals surface area contributed by atoms with Crippen LogP contribution < -0.4 is 20.3 Å². The van der Waals surface area contributed by atoms with Crippen LogP contribution in [0.4, 0.5) is 0 Å².